The van der Waals surface area contributed by atoms with E-state index in [0.29, 0.717) is 5.02 Å². The van der Waals surface area contributed by atoms with Crippen LogP contribution in [-0.2, 0) is 0 Å². The van der Waals surface area contributed by atoms with Gasteiger partial charge in [-0.15, -0.1) is 5.10 Å². The number of anilines is 1. The summed E-state index contributed by atoms with van der Waals surface area (Å²) in [5, 5.41) is 11.4. The van der Waals surface area contributed by atoms with E-state index in [4.69, 9.17) is 11.6 Å². The second kappa shape index (κ2) is 5.81. The first-order valence-corrected chi connectivity index (χ1v) is 7.26. The third kappa shape index (κ3) is 2.78. The van der Waals surface area contributed by atoms with Crippen LogP contribution >= 0.6 is 11.6 Å². The van der Waals surface area contributed by atoms with E-state index in [1.54, 1.807) is 0 Å². The highest BCUT2D eigenvalue weighted by Gasteiger charge is 2.15. The molecule has 1 aliphatic heterocycles. The Balaban J connectivity index is 1.85. The highest BCUT2D eigenvalue weighted by Crippen LogP contribution is 2.27. The van der Waals surface area contributed by atoms with Crippen molar-refractivity contribution in [2.24, 2.45) is 0 Å². The Morgan fingerprint density at radius 2 is 2.15 bits per heavy atom. The summed E-state index contributed by atoms with van der Waals surface area (Å²) < 4.78 is 0. The first-order chi connectivity index (χ1) is 9.74. The van der Waals surface area contributed by atoms with Crippen molar-refractivity contribution in [1.29, 1.82) is 0 Å². The number of hydrogen-bond acceptors (Lipinski definition) is 4. The Labute approximate surface area is 123 Å². The van der Waals surface area contributed by atoms with E-state index < -0.39 is 0 Å². The van der Waals surface area contributed by atoms with Crippen LogP contribution in [0.5, 0.6) is 0 Å². The van der Waals surface area contributed by atoms with Gasteiger partial charge in [-0.05, 0) is 37.6 Å². The van der Waals surface area contributed by atoms with Crippen molar-refractivity contribution in [2.45, 2.75) is 13.3 Å². The zero-order chi connectivity index (χ0) is 13.9. The van der Waals surface area contributed by atoms with Crippen molar-refractivity contribution < 1.29 is 0 Å². The van der Waals surface area contributed by atoms with Crippen molar-refractivity contribution in [3.05, 3.63) is 28.8 Å². The number of aromatic nitrogens is 3. The van der Waals surface area contributed by atoms with Gasteiger partial charge in [0.2, 0.25) is 5.95 Å². The zero-order valence-electron chi connectivity index (χ0n) is 11.5. The number of nitrogens with one attached hydrogen (secondary N) is 2. The maximum Gasteiger partial charge on any atom is 0.245 e. The summed E-state index contributed by atoms with van der Waals surface area (Å²) in [5.74, 6) is 1.47. The minimum absolute atomic E-state index is 0.699. The van der Waals surface area contributed by atoms with Crippen molar-refractivity contribution in [1.82, 2.24) is 20.5 Å². The van der Waals surface area contributed by atoms with E-state index in [1.165, 1.54) is 0 Å². The normalized spacial score (nSPS) is 16.2. The molecule has 106 valence electrons. The van der Waals surface area contributed by atoms with Gasteiger partial charge in [0.15, 0.2) is 5.82 Å². The largest absolute Gasteiger partial charge is 0.338 e. The number of halogens is 1. The van der Waals surface area contributed by atoms with Crippen LogP contribution in [-0.4, -0.2) is 41.4 Å². The van der Waals surface area contributed by atoms with E-state index in [-0.39, 0.29) is 0 Å². The maximum absolute atomic E-state index is 6.27. The van der Waals surface area contributed by atoms with Gasteiger partial charge in [-0.2, -0.15) is 4.98 Å². The van der Waals surface area contributed by atoms with Crippen molar-refractivity contribution >= 4 is 17.5 Å². The van der Waals surface area contributed by atoms with Gasteiger partial charge in [0.1, 0.15) is 0 Å². The molecular weight excluding hydrogens is 274 g/mol. The van der Waals surface area contributed by atoms with Crippen LogP contribution in [0.25, 0.3) is 11.4 Å². The van der Waals surface area contributed by atoms with Gasteiger partial charge in [-0.25, -0.2) is 0 Å². The molecule has 0 spiro atoms. The summed E-state index contributed by atoms with van der Waals surface area (Å²) in [4.78, 5) is 6.78. The minimum atomic E-state index is 0.699. The van der Waals surface area contributed by atoms with Gasteiger partial charge in [0.25, 0.3) is 0 Å². The Hall–Kier alpha value is -1.59. The van der Waals surface area contributed by atoms with E-state index >= 15 is 0 Å². The van der Waals surface area contributed by atoms with E-state index in [0.717, 1.165) is 55.5 Å². The summed E-state index contributed by atoms with van der Waals surface area (Å²) in [6, 6.07) is 5.94. The Morgan fingerprint density at radius 3 is 3.00 bits per heavy atom. The van der Waals surface area contributed by atoms with Crippen molar-refractivity contribution in [2.75, 3.05) is 31.1 Å². The number of hydrogen-bond donors (Lipinski definition) is 2. The lowest BCUT2D eigenvalue weighted by molar-refractivity contribution is 0.724. The number of aromatic amines is 1. The molecule has 1 fully saturated rings. The molecule has 0 saturated carbocycles. The number of H-pyrrole nitrogens is 1. The second-order valence-electron chi connectivity index (χ2n) is 5.06. The molecule has 2 heterocycles. The molecule has 0 amide bonds. The maximum atomic E-state index is 6.27. The Bertz CT molecular complexity index is 587. The molecule has 5 nitrogen and oxygen atoms in total. The molecule has 1 aliphatic rings. The fraction of sp³-hybridized carbons (Fsp3) is 0.429. The molecule has 0 radical (unpaired) electrons. The highest BCUT2D eigenvalue weighted by atomic mass is 35.5. The molecule has 6 heteroatoms. The molecule has 0 atom stereocenters. The quantitative estimate of drug-likeness (QED) is 0.891. The summed E-state index contributed by atoms with van der Waals surface area (Å²) in [6.45, 7) is 5.95. The van der Waals surface area contributed by atoms with Gasteiger partial charge in [0, 0.05) is 25.2 Å². The van der Waals surface area contributed by atoms with E-state index in [2.05, 4.69) is 25.4 Å². The Morgan fingerprint density at radius 1 is 1.25 bits per heavy atom. The van der Waals surface area contributed by atoms with Crippen LogP contribution in [0.3, 0.4) is 0 Å². The second-order valence-corrected chi connectivity index (χ2v) is 5.47. The summed E-state index contributed by atoms with van der Waals surface area (Å²) in [6.07, 6.45) is 1.11. The molecule has 0 bridgehead atoms. The highest BCUT2D eigenvalue weighted by molar-refractivity contribution is 6.33. The average molecular weight is 292 g/mol. The van der Waals surface area contributed by atoms with Crippen LogP contribution in [0.15, 0.2) is 18.2 Å². The number of benzene rings is 1. The first kappa shape index (κ1) is 13.4. The molecule has 2 aromatic rings. The smallest absolute Gasteiger partial charge is 0.245 e. The lowest BCUT2D eigenvalue weighted by Gasteiger charge is -2.16. The number of aryl methyl sites for hydroxylation is 1. The third-order valence-corrected chi connectivity index (χ3v) is 3.79. The standard InChI is InChI=1S/C14H18ClN5/c1-10-3-4-11(12(15)9-10)13-17-14(19-18-13)20-7-2-5-16-6-8-20/h3-4,9,16H,2,5-8H2,1H3,(H,17,18,19). The monoisotopic (exact) mass is 291 g/mol. The topological polar surface area (TPSA) is 56.8 Å². The zero-order valence-corrected chi connectivity index (χ0v) is 12.2. The van der Waals surface area contributed by atoms with E-state index in [1.807, 2.05) is 25.1 Å². The molecule has 1 saturated heterocycles. The van der Waals surface area contributed by atoms with Crippen LogP contribution in [0.1, 0.15) is 12.0 Å². The van der Waals surface area contributed by atoms with E-state index in [9.17, 15) is 0 Å². The molecule has 0 unspecified atom stereocenters. The molecule has 0 aliphatic carbocycles. The van der Waals surface area contributed by atoms with Crippen LogP contribution in [0, 0.1) is 6.92 Å². The van der Waals surface area contributed by atoms with Crippen LogP contribution in [0.2, 0.25) is 5.02 Å². The fourth-order valence-corrected chi connectivity index (χ4v) is 2.70. The van der Waals surface area contributed by atoms with Crippen molar-refractivity contribution in [3.63, 3.8) is 0 Å². The Kier molecular flexibility index (Phi) is 3.89. The summed E-state index contributed by atoms with van der Waals surface area (Å²) in [7, 11) is 0. The van der Waals surface area contributed by atoms with Gasteiger partial charge in [0.05, 0.1) is 5.02 Å². The van der Waals surface area contributed by atoms with Crippen LogP contribution in [0.4, 0.5) is 5.95 Å². The minimum Gasteiger partial charge on any atom is -0.338 e. The molecule has 3 rings (SSSR count). The van der Waals surface area contributed by atoms with Crippen LogP contribution < -0.4 is 10.2 Å². The SMILES string of the molecule is Cc1ccc(-c2nc(N3CCCNCC3)n[nH]2)c(Cl)c1. The average Bonchev–Trinajstić information content (AvgIpc) is 2.74. The van der Waals surface area contributed by atoms with Gasteiger partial charge < -0.3 is 10.2 Å². The predicted molar refractivity (Wildman–Crippen MR) is 81.3 cm³/mol. The lowest BCUT2D eigenvalue weighted by Crippen LogP contribution is -2.28. The molecule has 20 heavy (non-hydrogen) atoms. The van der Waals surface area contributed by atoms with Gasteiger partial charge >= 0.3 is 0 Å². The summed E-state index contributed by atoms with van der Waals surface area (Å²) >= 11 is 6.27. The number of rotatable bonds is 2. The third-order valence-electron chi connectivity index (χ3n) is 3.48. The predicted octanol–water partition coefficient (Wildman–Crippen LogP) is 2.23. The number of nitrogens with zero attached hydrogens (tertiary/aromatic N) is 3. The van der Waals surface area contributed by atoms with Gasteiger partial charge in [-0.1, -0.05) is 17.7 Å². The summed E-state index contributed by atoms with van der Waals surface area (Å²) in [5.41, 5.74) is 2.03. The first-order valence-electron chi connectivity index (χ1n) is 6.88. The van der Waals surface area contributed by atoms with Crippen molar-refractivity contribution in [3.8, 4) is 11.4 Å². The fourth-order valence-electron chi connectivity index (χ4n) is 2.37. The molecule has 1 aromatic heterocycles. The molecule has 2 N–H and O–H groups in total. The molecular formula is C14H18ClN5. The lowest BCUT2D eigenvalue weighted by atomic mass is 10.1. The molecule has 1 aromatic carbocycles. The van der Waals surface area contributed by atoms with Gasteiger partial charge in [-0.3, -0.25) is 5.10 Å².